The largest absolute Gasteiger partial charge is 0.378 e. The Hall–Kier alpha value is -1.85. The highest BCUT2D eigenvalue weighted by molar-refractivity contribution is 5.54. The van der Waals surface area contributed by atoms with E-state index in [9.17, 15) is 0 Å². The van der Waals surface area contributed by atoms with Gasteiger partial charge in [0.25, 0.3) is 0 Å². The van der Waals surface area contributed by atoms with Gasteiger partial charge in [0, 0.05) is 37.7 Å². The molecule has 1 aromatic heterocycles. The zero-order valence-electron chi connectivity index (χ0n) is 14.2. The van der Waals surface area contributed by atoms with Crippen LogP contribution in [0, 0.1) is 0 Å². The molecule has 5 nitrogen and oxygen atoms in total. The van der Waals surface area contributed by atoms with E-state index in [4.69, 9.17) is 4.74 Å². The normalized spacial score (nSPS) is 22.7. The number of nitrogens with zero attached hydrogens (tertiary/aromatic N) is 3. The van der Waals surface area contributed by atoms with Gasteiger partial charge in [0.05, 0.1) is 19.3 Å². The molecule has 5 heteroatoms. The Bertz CT molecular complexity index is 637. The summed E-state index contributed by atoms with van der Waals surface area (Å²) < 4.78 is 5.51. The Morgan fingerprint density at radius 1 is 1.12 bits per heavy atom. The van der Waals surface area contributed by atoms with Crippen LogP contribution in [-0.2, 0) is 11.3 Å². The van der Waals surface area contributed by atoms with Gasteiger partial charge in [0.1, 0.15) is 5.82 Å². The van der Waals surface area contributed by atoms with E-state index in [0.29, 0.717) is 6.04 Å². The summed E-state index contributed by atoms with van der Waals surface area (Å²) in [6, 6.07) is 9.25. The topological polar surface area (TPSA) is 44.4 Å². The van der Waals surface area contributed by atoms with Gasteiger partial charge in [0.2, 0.25) is 0 Å². The van der Waals surface area contributed by atoms with Crippen molar-refractivity contribution < 1.29 is 4.74 Å². The van der Waals surface area contributed by atoms with Gasteiger partial charge in [-0.2, -0.15) is 0 Å². The maximum atomic E-state index is 5.51. The van der Waals surface area contributed by atoms with Crippen molar-refractivity contribution in [2.45, 2.75) is 31.8 Å². The van der Waals surface area contributed by atoms with E-state index in [1.807, 2.05) is 12.4 Å². The number of morpholine rings is 1. The highest BCUT2D eigenvalue weighted by Crippen LogP contribution is 2.32. The molecule has 2 fully saturated rings. The van der Waals surface area contributed by atoms with E-state index in [2.05, 4.69) is 44.0 Å². The Morgan fingerprint density at radius 3 is 2.83 bits per heavy atom. The quantitative estimate of drug-likeness (QED) is 0.938. The summed E-state index contributed by atoms with van der Waals surface area (Å²) in [6.45, 7) is 5.75. The minimum atomic E-state index is 0.409. The second kappa shape index (κ2) is 7.36. The van der Waals surface area contributed by atoms with Crippen LogP contribution in [0.5, 0.6) is 0 Å². The Kier molecular flexibility index (Phi) is 4.81. The van der Waals surface area contributed by atoms with E-state index in [1.54, 1.807) is 0 Å². The molecular weight excluding hydrogens is 300 g/mol. The fourth-order valence-electron chi connectivity index (χ4n) is 3.93. The van der Waals surface area contributed by atoms with Crippen molar-refractivity contribution in [2.75, 3.05) is 37.7 Å². The van der Waals surface area contributed by atoms with Crippen molar-refractivity contribution in [3.63, 3.8) is 0 Å². The Morgan fingerprint density at radius 2 is 2.00 bits per heavy atom. The molecule has 2 aliphatic rings. The molecule has 0 unspecified atom stereocenters. The molecule has 1 aromatic carbocycles. The molecule has 128 valence electrons. The number of benzene rings is 1. The summed E-state index contributed by atoms with van der Waals surface area (Å²) in [5.41, 5.74) is 2.78. The first-order valence-electron chi connectivity index (χ1n) is 9.06. The third kappa shape index (κ3) is 3.32. The van der Waals surface area contributed by atoms with Gasteiger partial charge in [0.15, 0.2) is 0 Å². The number of piperidine rings is 1. The predicted octanol–water partition coefficient (Wildman–Crippen LogP) is 2.97. The molecule has 4 rings (SSSR count). The van der Waals surface area contributed by atoms with Crippen LogP contribution in [0.15, 0.2) is 36.7 Å². The predicted molar refractivity (Wildman–Crippen MR) is 95.1 cm³/mol. The minimum absolute atomic E-state index is 0.409. The molecule has 0 aliphatic carbocycles. The number of aromatic nitrogens is 2. The molecule has 0 radical (unpaired) electrons. The van der Waals surface area contributed by atoms with Gasteiger partial charge in [-0.3, -0.25) is 4.90 Å². The molecule has 0 spiro atoms. The molecule has 1 atom stereocenters. The summed E-state index contributed by atoms with van der Waals surface area (Å²) in [7, 11) is 0. The Balaban J connectivity index is 1.55. The summed E-state index contributed by atoms with van der Waals surface area (Å²) in [4.78, 5) is 12.9. The third-order valence-corrected chi connectivity index (χ3v) is 5.17. The second-order valence-electron chi connectivity index (χ2n) is 6.68. The highest BCUT2D eigenvalue weighted by atomic mass is 16.5. The van der Waals surface area contributed by atoms with Crippen molar-refractivity contribution in [3.8, 4) is 0 Å². The van der Waals surface area contributed by atoms with Gasteiger partial charge >= 0.3 is 0 Å². The number of aromatic amines is 1. The lowest BCUT2D eigenvalue weighted by molar-refractivity contribution is 0.121. The molecule has 0 saturated carbocycles. The zero-order chi connectivity index (χ0) is 16.2. The molecule has 3 heterocycles. The molecule has 2 saturated heterocycles. The minimum Gasteiger partial charge on any atom is -0.378 e. The summed E-state index contributed by atoms with van der Waals surface area (Å²) in [5.74, 6) is 1.11. The van der Waals surface area contributed by atoms with Gasteiger partial charge in [-0.25, -0.2) is 4.98 Å². The first-order valence-corrected chi connectivity index (χ1v) is 9.06. The van der Waals surface area contributed by atoms with Crippen LogP contribution in [0.25, 0.3) is 0 Å². The lowest BCUT2D eigenvalue weighted by atomic mass is 10.00. The van der Waals surface area contributed by atoms with Crippen LogP contribution in [0.4, 0.5) is 5.69 Å². The first kappa shape index (κ1) is 15.7. The van der Waals surface area contributed by atoms with Gasteiger partial charge in [-0.05, 0) is 31.0 Å². The highest BCUT2D eigenvalue weighted by Gasteiger charge is 2.27. The van der Waals surface area contributed by atoms with Crippen molar-refractivity contribution in [1.29, 1.82) is 0 Å². The molecule has 24 heavy (non-hydrogen) atoms. The standard InChI is InChI=1S/C19H26N4O/c1-2-6-17(22-11-13-24-14-12-22)16(5-1)15-23-10-4-3-7-18(23)19-20-8-9-21-19/h1-2,5-6,8-9,18H,3-4,7,10-15H2,(H,20,21)/t18-/m0/s1. The van der Waals surface area contributed by atoms with Crippen molar-refractivity contribution in [1.82, 2.24) is 14.9 Å². The molecule has 0 bridgehead atoms. The average Bonchev–Trinajstić information content (AvgIpc) is 3.18. The Labute approximate surface area is 143 Å². The number of hydrogen-bond acceptors (Lipinski definition) is 4. The lowest BCUT2D eigenvalue weighted by Crippen LogP contribution is -2.38. The van der Waals surface area contributed by atoms with Crippen LogP contribution in [-0.4, -0.2) is 47.7 Å². The number of nitrogens with one attached hydrogen (secondary N) is 1. The molecule has 0 amide bonds. The average molecular weight is 326 g/mol. The van der Waals surface area contributed by atoms with E-state index >= 15 is 0 Å². The van der Waals surface area contributed by atoms with Crippen LogP contribution in [0.3, 0.4) is 0 Å². The number of para-hydroxylation sites is 1. The zero-order valence-corrected chi connectivity index (χ0v) is 14.2. The summed E-state index contributed by atoms with van der Waals surface area (Å²) >= 11 is 0. The smallest absolute Gasteiger partial charge is 0.123 e. The van der Waals surface area contributed by atoms with Crippen molar-refractivity contribution in [3.05, 3.63) is 48.0 Å². The third-order valence-electron chi connectivity index (χ3n) is 5.17. The van der Waals surface area contributed by atoms with Gasteiger partial charge in [-0.1, -0.05) is 24.6 Å². The monoisotopic (exact) mass is 326 g/mol. The van der Waals surface area contributed by atoms with E-state index < -0.39 is 0 Å². The number of anilines is 1. The van der Waals surface area contributed by atoms with Crippen LogP contribution in [0.1, 0.15) is 36.7 Å². The van der Waals surface area contributed by atoms with Crippen molar-refractivity contribution >= 4 is 5.69 Å². The van der Waals surface area contributed by atoms with Crippen LogP contribution in [0.2, 0.25) is 0 Å². The van der Waals surface area contributed by atoms with Crippen LogP contribution < -0.4 is 4.90 Å². The second-order valence-corrected chi connectivity index (χ2v) is 6.68. The van der Waals surface area contributed by atoms with E-state index in [0.717, 1.165) is 45.2 Å². The SMILES string of the molecule is c1ccc(N2CCOCC2)c(CN2CCCC[C@H]2c2ncc[nH]2)c1. The fraction of sp³-hybridized carbons (Fsp3) is 0.526. The van der Waals surface area contributed by atoms with Crippen molar-refractivity contribution in [2.24, 2.45) is 0 Å². The maximum absolute atomic E-state index is 5.51. The van der Waals surface area contributed by atoms with Crippen LogP contribution >= 0.6 is 0 Å². The van der Waals surface area contributed by atoms with Gasteiger partial charge < -0.3 is 14.6 Å². The maximum Gasteiger partial charge on any atom is 0.123 e. The molecule has 1 N–H and O–H groups in total. The first-order chi connectivity index (χ1) is 11.9. The van der Waals surface area contributed by atoms with E-state index in [1.165, 1.54) is 30.5 Å². The number of likely N-dealkylation sites (tertiary alicyclic amines) is 1. The van der Waals surface area contributed by atoms with E-state index in [-0.39, 0.29) is 0 Å². The number of imidazole rings is 1. The molecule has 2 aliphatic heterocycles. The fourth-order valence-corrected chi connectivity index (χ4v) is 3.93. The lowest BCUT2D eigenvalue weighted by Gasteiger charge is -2.36. The number of rotatable bonds is 4. The molecular formula is C19H26N4O. The number of hydrogen-bond donors (Lipinski definition) is 1. The summed E-state index contributed by atoms with van der Waals surface area (Å²) in [6.07, 6.45) is 7.55. The number of H-pyrrole nitrogens is 1. The molecule has 2 aromatic rings. The number of ether oxygens (including phenoxy) is 1. The summed E-state index contributed by atoms with van der Waals surface area (Å²) in [5, 5.41) is 0. The van der Waals surface area contributed by atoms with Gasteiger partial charge in [-0.15, -0.1) is 0 Å².